The van der Waals surface area contributed by atoms with E-state index in [1.54, 1.807) is 0 Å². The van der Waals surface area contributed by atoms with Crippen LogP contribution in [0.1, 0.15) is 24.8 Å². The maximum absolute atomic E-state index is 9.40. The molecule has 0 amide bonds. The summed E-state index contributed by atoms with van der Waals surface area (Å²) < 4.78 is 0. The zero-order valence-corrected chi connectivity index (χ0v) is 11.0. The average Bonchev–Trinajstić information content (AvgIpc) is 2.24. The van der Waals surface area contributed by atoms with Crippen LogP contribution in [0.4, 0.5) is 0 Å². The fraction of sp³-hybridized carbons (Fsp3) is 0.500. The molecule has 1 aliphatic carbocycles. The van der Waals surface area contributed by atoms with E-state index in [-0.39, 0.29) is 11.5 Å². The van der Waals surface area contributed by atoms with Gasteiger partial charge in [-0.05, 0) is 44.6 Å². The molecule has 0 spiro atoms. The predicted molar refractivity (Wildman–Crippen MR) is 70.1 cm³/mol. The van der Waals surface area contributed by atoms with E-state index in [0.717, 1.165) is 17.9 Å². The number of nitriles is 1. The number of hydrogen-bond acceptors (Lipinski definition) is 2. The summed E-state index contributed by atoms with van der Waals surface area (Å²) in [5.74, 6) is 0. The van der Waals surface area contributed by atoms with Crippen molar-refractivity contribution in [2.75, 3.05) is 14.1 Å². The van der Waals surface area contributed by atoms with E-state index >= 15 is 0 Å². The van der Waals surface area contributed by atoms with Gasteiger partial charge in [-0.2, -0.15) is 5.26 Å². The minimum absolute atomic E-state index is 0.00282. The summed E-state index contributed by atoms with van der Waals surface area (Å²) in [5, 5.41) is 10.1. The molecule has 3 heteroatoms. The summed E-state index contributed by atoms with van der Waals surface area (Å²) in [7, 11) is 3.95. The highest BCUT2D eigenvalue weighted by molar-refractivity contribution is 6.30. The molecule has 1 unspecified atom stereocenters. The number of benzene rings is 1. The van der Waals surface area contributed by atoms with E-state index in [4.69, 9.17) is 11.6 Å². The summed E-state index contributed by atoms with van der Waals surface area (Å²) in [4.78, 5) is 2.02. The molecular formula is C14H17ClN2. The molecular weight excluding hydrogens is 232 g/mol. The first-order valence-electron chi connectivity index (χ1n) is 5.92. The lowest BCUT2D eigenvalue weighted by atomic mass is 9.60. The fourth-order valence-corrected chi connectivity index (χ4v) is 2.92. The fourth-order valence-electron chi connectivity index (χ4n) is 2.79. The second kappa shape index (κ2) is 4.68. The molecule has 0 radical (unpaired) electrons. The molecule has 90 valence electrons. The Morgan fingerprint density at radius 1 is 1.29 bits per heavy atom. The summed E-state index contributed by atoms with van der Waals surface area (Å²) >= 11 is 5.92. The zero-order chi connectivity index (χ0) is 12.5. The number of halogens is 1. The third-order valence-electron chi connectivity index (χ3n) is 3.83. The molecule has 1 aromatic rings. The lowest BCUT2D eigenvalue weighted by Crippen LogP contribution is -2.51. The second-order valence-corrected chi connectivity index (χ2v) is 5.45. The number of likely N-dealkylation sites (N-methyl/N-ethyl adjacent to an activating group) is 1. The first-order chi connectivity index (χ1) is 8.10. The molecule has 0 aliphatic heterocycles. The van der Waals surface area contributed by atoms with Gasteiger partial charge in [0.2, 0.25) is 0 Å². The maximum Gasteiger partial charge on any atom is 0.107 e. The first-order valence-corrected chi connectivity index (χ1v) is 6.30. The molecule has 2 rings (SSSR count). The second-order valence-electron chi connectivity index (χ2n) is 5.01. The molecule has 1 atom stereocenters. The molecule has 0 saturated heterocycles. The van der Waals surface area contributed by atoms with Crippen molar-refractivity contribution in [3.8, 4) is 6.07 Å². The lowest BCUT2D eigenvalue weighted by molar-refractivity contribution is 0.133. The Bertz CT molecular complexity index is 427. The van der Waals surface area contributed by atoms with Crippen LogP contribution in [0.3, 0.4) is 0 Å². The van der Waals surface area contributed by atoms with Gasteiger partial charge in [-0.1, -0.05) is 30.2 Å². The summed E-state index contributed by atoms with van der Waals surface area (Å²) in [5.41, 5.74) is 1.25. The Kier molecular flexibility index (Phi) is 3.42. The monoisotopic (exact) mass is 248 g/mol. The largest absolute Gasteiger partial charge is 0.293 e. The van der Waals surface area contributed by atoms with E-state index in [1.165, 1.54) is 12.0 Å². The first kappa shape index (κ1) is 12.4. The summed E-state index contributed by atoms with van der Waals surface area (Å²) in [6, 6.07) is 10.4. The molecule has 17 heavy (non-hydrogen) atoms. The summed E-state index contributed by atoms with van der Waals surface area (Å²) in [6.07, 6.45) is 3.38. The van der Waals surface area contributed by atoms with E-state index < -0.39 is 0 Å². The van der Waals surface area contributed by atoms with Crippen LogP contribution >= 0.6 is 11.6 Å². The van der Waals surface area contributed by atoms with Crippen molar-refractivity contribution in [3.05, 3.63) is 34.9 Å². The van der Waals surface area contributed by atoms with Crippen molar-refractivity contribution >= 4 is 11.6 Å². The highest BCUT2D eigenvalue weighted by Gasteiger charge is 2.46. The van der Waals surface area contributed by atoms with Crippen LogP contribution in [0.15, 0.2) is 24.3 Å². The van der Waals surface area contributed by atoms with Gasteiger partial charge in [0.25, 0.3) is 0 Å². The number of nitrogens with zero attached hydrogens (tertiary/aromatic N) is 2. The summed E-state index contributed by atoms with van der Waals surface area (Å²) in [6.45, 7) is 0. The SMILES string of the molecule is CN(C)C(C#N)C1(c2ccc(Cl)cc2)CCC1. The van der Waals surface area contributed by atoms with Crippen LogP contribution in [0.25, 0.3) is 0 Å². The molecule has 0 aromatic heterocycles. The third-order valence-corrected chi connectivity index (χ3v) is 4.08. The van der Waals surface area contributed by atoms with Crippen LogP contribution in [0.5, 0.6) is 0 Å². The van der Waals surface area contributed by atoms with Crippen LogP contribution in [-0.2, 0) is 5.41 Å². The van der Waals surface area contributed by atoms with Crippen molar-refractivity contribution in [2.45, 2.75) is 30.7 Å². The predicted octanol–water partition coefficient (Wildman–Crippen LogP) is 3.22. The van der Waals surface area contributed by atoms with Gasteiger partial charge in [0, 0.05) is 10.4 Å². The number of hydrogen-bond donors (Lipinski definition) is 0. The minimum atomic E-state index is -0.0579. The molecule has 1 aliphatic rings. The Morgan fingerprint density at radius 2 is 1.88 bits per heavy atom. The van der Waals surface area contributed by atoms with Crippen molar-refractivity contribution < 1.29 is 0 Å². The Morgan fingerprint density at radius 3 is 2.24 bits per heavy atom. The standard InChI is InChI=1S/C14H17ClN2/c1-17(2)13(10-16)14(8-3-9-14)11-4-6-12(15)7-5-11/h4-7,13H,3,8-9H2,1-2H3. The molecule has 0 heterocycles. The van der Waals surface area contributed by atoms with Gasteiger partial charge >= 0.3 is 0 Å². The lowest BCUT2D eigenvalue weighted by Gasteiger charge is -2.47. The Balaban J connectivity index is 2.38. The van der Waals surface area contributed by atoms with E-state index in [2.05, 4.69) is 18.2 Å². The topological polar surface area (TPSA) is 27.0 Å². The highest BCUT2D eigenvalue weighted by Crippen LogP contribution is 2.47. The maximum atomic E-state index is 9.40. The smallest absolute Gasteiger partial charge is 0.107 e. The molecule has 2 nitrogen and oxygen atoms in total. The van der Waals surface area contributed by atoms with E-state index in [0.29, 0.717) is 0 Å². The van der Waals surface area contributed by atoms with Gasteiger partial charge < -0.3 is 0 Å². The van der Waals surface area contributed by atoms with Crippen LogP contribution in [0.2, 0.25) is 5.02 Å². The van der Waals surface area contributed by atoms with Crippen molar-refractivity contribution in [1.82, 2.24) is 4.90 Å². The van der Waals surface area contributed by atoms with Gasteiger partial charge in [0.1, 0.15) is 6.04 Å². The molecule has 0 N–H and O–H groups in total. The Hall–Kier alpha value is -1.04. The van der Waals surface area contributed by atoms with Gasteiger partial charge in [0.15, 0.2) is 0 Å². The van der Waals surface area contributed by atoms with E-state index in [9.17, 15) is 5.26 Å². The zero-order valence-electron chi connectivity index (χ0n) is 10.3. The number of rotatable bonds is 3. The molecule has 1 aromatic carbocycles. The van der Waals surface area contributed by atoms with Gasteiger partial charge in [-0.25, -0.2) is 0 Å². The normalized spacial score (nSPS) is 19.5. The molecule has 1 fully saturated rings. The van der Waals surface area contributed by atoms with Crippen molar-refractivity contribution in [2.24, 2.45) is 0 Å². The van der Waals surface area contributed by atoms with Crippen molar-refractivity contribution in [1.29, 1.82) is 5.26 Å². The third kappa shape index (κ3) is 2.06. The average molecular weight is 249 g/mol. The van der Waals surface area contributed by atoms with Crippen LogP contribution in [0, 0.1) is 11.3 Å². The van der Waals surface area contributed by atoms with Crippen LogP contribution < -0.4 is 0 Å². The van der Waals surface area contributed by atoms with Gasteiger partial charge in [0.05, 0.1) is 6.07 Å². The van der Waals surface area contributed by atoms with Gasteiger partial charge in [-0.15, -0.1) is 0 Å². The van der Waals surface area contributed by atoms with Crippen LogP contribution in [-0.4, -0.2) is 25.0 Å². The molecule has 1 saturated carbocycles. The highest BCUT2D eigenvalue weighted by atomic mass is 35.5. The Labute approximate surface area is 108 Å². The van der Waals surface area contributed by atoms with Gasteiger partial charge in [-0.3, -0.25) is 4.90 Å². The molecule has 0 bridgehead atoms. The minimum Gasteiger partial charge on any atom is -0.293 e. The quantitative estimate of drug-likeness (QED) is 0.821. The van der Waals surface area contributed by atoms with Crippen molar-refractivity contribution in [3.63, 3.8) is 0 Å². The van der Waals surface area contributed by atoms with E-state index in [1.807, 2.05) is 31.1 Å².